The van der Waals surface area contributed by atoms with Gasteiger partial charge in [0.15, 0.2) is 5.72 Å². The standard InChI is InChI=1S/C12H13NO3/c1-12(7-11(14)15)13-10(8-16-12)9-5-3-2-4-6-9/h2-6,8,13H,7H2,1H3,(H,14,15). The van der Waals surface area contributed by atoms with Crippen molar-refractivity contribution in [3.63, 3.8) is 0 Å². The Labute approximate surface area is 93.5 Å². The van der Waals surface area contributed by atoms with Gasteiger partial charge >= 0.3 is 5.97 Å². The minimum absolute atomic E-state index is 0.0835. The van der Waals surface area contributed by atoms with E-state index in [9.17, 15) is 4.79 Å². The smallest absolute Gasteiger partial charge is 0.309 e. The summed E-state index contributed by atoms with van der Waals surface area (Å²) in [7, 11) is 0. The molecule has 2 rings (SSSR count). The average Bonchev–Trinajstić information content (AvgIpc) is 2.61. The summed E-state index contributed by atoms with van der Waals surface area (Å²) < 4.78 is 5.36. The molecule has 1 aliphatic heterocycles. The van der Waals surface area contributed by atoms with Gasteiger partial charge in [-0.3, -0.25) is 4.79 Å². The Morgan fingerprint density at radius 1 is 1.44 bits per heavy atom. The van der Waals surface area contributed by atoms with Gasteiger partial charge in [0, 0.05) is 5.56 Å². The Hall–Kier alpha value is -1.97. The largest absolute Gasteiger partial charge is 0.481 e. The zero-order valence-electron chi connectivity index (χ0n) is 8.93. The Kier molecular flexibility index (Phi) is 2.56. The maximum Gasteiger partial charge on any atom is 0.309 e. The highest BCUT2D eigenvalue weighted by atomic mass is 16.5. The molecule has 0 fully saturated rings. The van der Waals surface area contributed by atoms with Crippen molar-refractivity contribution in [1.82, 2.24) is 5.32 Å². The van der Waals surface area contributed by atoms with Crippen molar-refractivity contribution in [3.8, 4) is 0 Å². The van der Waals surface area contributed by atoms with Crippen LogP contribution in [0.3, 0.4) is 0 Å². The van der Waals surface area contributed by atoms with Gasteiger partial charge in [0.1, 0.15) is 12.7 Å². The lowest BCUT2D eigenvalue weighted by molar-refractivity contribution is -0.142. The van der Waals surface area contributed by atoms with Crippen LogP contribution >= 0.6 is 0 Å². The lowest BCUT2D eigenvalue weighted by atomic mass is 10.1. The van der Waals surface area contributed by atoms with Gasteiger partial charge in [0.2, 0.25) is 0 Å². The van der Waals surface area contributed by atoms with Gasteiger partial charge in [-0.05, 0) is 6.92 Å². The fourth-order valence-corrected chi connectivity index (χ4v) is 1.67. The van der Waals surface area contributed by atoms with E-state index in [1.54, 1.807) is 13.2 Å². The molecule has 0 bridgehead atoms. The van der Waals surface area contributed by atoms with Gasteiger partial charge in [-0.25, -0.2) is 0 Å². The maximum atomic E-state index is 10.7. The number of nitrogens with one attached hydrogen (secondary N) is 1. The van der Waals surface area contributed by atoms with E-state index in [2.05, 4.69) is 5.32 Å². The molecule has 0 aliphatic carbocycles. The molecular weight excluding hydrogens is 206 g/mol. The first-order valence-electron chi connectivity index (χ1n) is 5.02. The molecule has 0 saturated carbocycles. The van der Waals surface area contributed by atoms with Gasteiger partial charge in [-0.15, -0.1) is 0 Å². The molecule has 4 heteroatoms. The molecule has 1 atom stereocenters. The van der Waals surface area contributed by atoms with Crippen LogP contribution in [0.4, 0.5) is 0 Å². The number of aliphatic carboxylic acids is 1. The molecule has 0 amide bonds. The summed E-state index contributed by atoms with van der Waals surface area (Å²) in [5.41, 5.74) is 0.942. The molecule has 1 aliphatic rings. The van der Waals surface area contributed by atoms with Crippen LogP contribution < -0.4 is 5.32 Å². The zero-order valence-corrected chi connectivity index (χ0v) is 8.93. The predicted octanol–water partition coefficient (Wildman–Crippen LogP) is 1.80. The van der Waals surface area contributed by atoms with E-state index < -0.39 is 11.7 Å². The number of hydrogen-bond acceptors (Lipinski definition) is 3. The lowest BCUT2D eigenvalue weighted by Crippen LogP contribution is -2.40. The fraction of sp³-hybridized carbons (Fsp3) is 0.250. The molecule has 84 valence electrons. The molecule has 2 N–H and O–H groups in total. The summed E-state index contributed by atoms with van der Waals surface area (Å²) in [5.74, 6) is -0.891. The molecule has 1 heterocycles. The first-order valence-corrected chi connectivity index (χ1v) is 5.02. The van der Waals surface area contributed by atoms with E-state index in [1.165, 1.54) is 0 Å². The third-order valence-corrected chi connectivity index (χ3v) is 2.41. The maximum absolute atomic E-state index is 10.7. The van der Waals surface area contributed by atoms with Gasteiger partial charge in [0.05, 0.1) is 5.70 Å². The average molecular weight is 219 g/mol. The third kappa shape index (κ3) is 2.16. The number of hydrogen-bond donors (Lipinski definition) is 2. The summed E-state index contributed by atoms with van der Waals surface area (Å²) in [6.45, 7) is 1.72. The van der Waals surface area contributed by atoms with E-state index >= 15 is 0 Å². The highest BCUT2D eigenvalue weighted by molar-refractivity contribution is 5.70. The summed E-state index contributed by atoms with van der Waals surface area (Å²) in [4.78, 5) is 10.7. The van der Waals surface area contributed by atoms with Crippen molar-refractivity contribution in [1.29, 1.82) is 0 Å². The van der Waals surface area contributed by atoms with Crippen molar-refractivity contribution >= 4 is 11.7 Å². The van der Waals surface area contributed by atoms with Crippen LogP contribution in [0.2, 0.25) is 0 Å². The van der Waals surface area contributed by atoms with Crippen molar-refractivity contribution in [3.05, 3.63) is 42.2 Å². The Balaban J connectivity index is 2.10. The Morgan fingerprint density at radius 2 is 2.12 bits per heavy atom. The first kappa shape index (κ1) is 10.5. The third-order valence-electron chi connectivity index (χ3n) is 2.41. The van der Waals surface area contributed by atoms with Crippen LogP contribution in [-0.4, -0.2) is 16.8 Å². The van der Waals surface area contributed by atoms with E-state index in [1.807, 2.05) is 30.3 Å². The minimum Gasteiger partial charge on any atom is -0.481 e. The number of ether oxygens (including phenoxy) is 1. The van der Waals surface area contributed by atoms with Crippen molar-refractivity contribution in [2.75, 3.05) is 0 Å². The molecule has 0 aromatic heterocycles. The molecule has 1 aromatic rings. The molecule has 1 aromatic carbocycles. The molecule has 4 nitrogen and oxygen atoms in total. The van der Waals surface area contributed by atoms with E-state index in [4.69, 9.17) is 9.84 Å². The van der Waals surface area contributed by atoms with E-state index in [-0.39, 0.29) is 6.42 Å². The second kappa shape index (κ2) is 3.89. The lowest BCUT2D eigenvalue weighted by Gasteiger charge is -2.23. The summed E-state index contributed by atoms with van der Waals surface area (Å²) in [5, 5.41) is 11.8. The summed E-state index contributed by atoms with van der Waals surface area (Å²) in [6.07, 6.45) is 1.48. The Morgan fingerprint density at radius 3 is 2.75 bits per heavy atom. The molecule has 0 saturated heterocycles. The normalized spacial score (nSPS) is 23.2. The predicted molar refractivity (Wildman–Crippen MR) is 59.3 cm³/mol. The summed E-state index contributed by atoms with van der Waals surface area (Å²) in [6, 6.07) is 9.65. The quantitative estimate of drug-likeness (QED) is 0.813. The van der Waals surface area contributed by atoms with Gasteiger partial charge in [-0.1, -0.05) is 30.3 Å². The van der Waals surface area contributed by atoms with Gasteiger partial charge in [0.25, 0.3) is 0 Å². The highest BCUT2D eigenvalue weighted by Gasteiger charge is 2.33. The first-order chi connectivity index (χ1) is 7.59. The highest BCUT2D eigenvalue weighted by Crippen LogP contribution is 2.26. The number of carbonyl (C=O) groups is 1. The zero-order chi connectivity index (χ0) is 11.6. The van der Waals surface area contributed by atoms with Crippen LogP contribution in [0, 0.1) is 0 Å². The SMILES string of the molecule is CC1(CC(=O)O)NC(c2ccccc2)=CO1. The van der Waals surface area contributed by atoms with Crippen molar-refractivity contribution < 1.29 is 14.6 Å². The van der Waals surface area contributed by atoms with Crippen LogP contribution in [0.1, 0.15) is 18.9 Å². The van der Waals surface area contributed by atoms with Crippen LogP contribution in [0.5, 0.6) is 0 Å². The number of rotatable bonds is 3. The van der Waals surface area contributed by atoms with Gasteiger partial charge < -0.3 is 15.2 Å². The molecule has 0 radical (unpaired) electrons. The Bertz CT molecular complexity index is 427. The van der Waals surface area contributed by atoms with Crippen molar-refractivity contribution in [2.45, 2.75) is 19.1 Å². The van der Waals surface area contributed by atoms with Crippen LogP contribution in [0.25, 0.3) is 5.70 Å². The molecule has 0 spiro atoms. The summed E-state index contributed by atoms with van der Waals surface area (Å²) >= 11 is 0. The van der Waals surface area contributed by atoms with Crippen molar-refractivity contribution in [2.24, 2.45) is 0 Å². The van der Waals surface area contributed by atoms with E-state index in [0.29, 0.717) is 0 Å². The topological polar surface area (TPSA) is 58.6 Å². The molecular formula is C12H13NO3. The molecule has 1 unspecified atom stereocenters. The second-order valence-electron chi connectivity index (χ2n) is 3.94. The van der Waals surface area contributed by atoms with Gasteiger partial charge in [-0.2, -0.15) is 0 Å². The minimum atomic E-state index is -0.891. The number of carboxylic acids is 1. The fourth-order valence-electron chi connectivity index (χ4n) is 1.67. The second-order valence-corrected chi connectivity index (χ2v) is 3.94. The monoisotopic (exact) mass is 219 g/mol. The molecule has 16 heavy (non-hydrogen) atoms. The van der Waals surface area contributed by atoms with Crippen LogP contribution in [0.15, 0.2) is 36.6 Å². The number of carboxylic acid groups (broad SMARTS) is 1. The van der Waals surface area contributed by atoms with E-state index in [0.717, 1.165) is 11.3 Å². The van der Waals surface area contributed by atoms with Crippen LogP contribution in [-0.2, 0) is 9.53 Å². The number of benzene rings is 1.